The molecule has 172 valence electrons. The highest BCUT2D eigenvalue weighted by Crippen LogP contribution is 2.26. The van der Waals surface area contributed by atoms with Gasteiger partial charge < -0.3 is 9.80 Å². The minimum atomic E-state index is -0.236. The highest BCUT2D eigenvalue weighted by atomic mass is 19.1. The molecule has 1 aliphatic rings. The van der Waals surface area contributed by atoms with Crippen molar-refractivity contribution in [3.63, 3.8) is 0 Å². The first-order valence-electron chi connectivity index (χ1n) is 11.7. The molecule has 2 aromatic carbocycles. The van der Waals surface area contributed by atoms with E-state index >= 15 is 0 Å². The summed E-state index contributed by atoms with van der Waals surface area (Å²) in [5.74, 6) is 1.50. The summed E-state index contributed by atoms with van der Waals surface area (Å²) >= 11 is 0. The Morgan fingerprint density at radius 1 is 1.00 bits per heavy atom. The van der Waals surface area contributed by atoms with Gasteiger partial charge in [-0.25, -0.2) is 14.4 Å². The number of hydrogen-bond acceptors (Lipinski definition) is 4. The number of benzene rings is 2. The molecule has 5 nitrogen and oxygen atoms in total. The molecule has 1 aromatic heterocycles. The highest BCUT2D eigenvalue weighted by Gasteiger charge is 2.24. The summed E-state index contributed by atoms with van der Waals surface area (Å²) in [6.45, 7) is 8.85. The molecule has 0 atom stereocenters. The number of amides is 1. The standard InChI is InChI=1S/C27H31FN4O/c1-4-25-24(18-21-10-7-11-22(28)17-21)26(30-20(3)29-25)31-13-8-14-32(16-15-31)27(33)23-12-6-5-9-19(23)2/h5-7,9-12,17H,4,8,13-16,18H2,1-3H3. The van der Waals surface area contributed by atoms with Crippen LogP contribution in [0.3, 0.4) is 0 Å². The monoisotopic (exact) mass is 446 g/mol. The SMILES string of the molecule is CCc1nc(C)nc(N2CCCN(C(=O)c3ccccc3C)CC2)c1Cc1cccc(F)c1. The van der Waals surface area contributed by atoms with Crippen LogP contribution in [0.25, 0.3) is 0 Å². The molecule has 0 saturated carbocycles. The lowest BCUT2D eigenvalue weighted by atomic mass is 10.0. The van der Waals surface area contributed by atoms with Gasteiger partial charge >= 0.3 is 0 Å². The van der Waals surface area contributed by atoms with Crippen LogP contribution in [0.5, 0.6) is 0 Å². The number of carbonyl (C=O) groups is 1. The second-order valence-electron chi connectivity index (χ2n) is 8.63. The van der Waals surface area contributed by atoms with Crippen LogP contribution in [0.2, 0.25) is 0 Å². The van der Waals surface area contributed by atoms with E-state index in [1.54, 1.807) is 12.1 Å². The number of aryl methyl sites for hydroxylation is 3. The van der Waals surface area contributed by atoms with E-state index in [4.69, 9.17) is 4.98 Å². The van der Waals surface area contributed by atoms with Crippen molar-refractivity contribution in [2.24, 2.45) is 0 Å². The number of carbonyl (C=O) groups excluding carboxylic acids is 1. The molecule has 3 aromatic rings. The van der Waals surface area contributed by atoms with Crippen LogP contribution in [0.1, 0.15) is 51.9 Å². The molecule has 0 unspecified atom stereocenters. The Bertz CT molecular complexity index is 1150. The Balaban J connectivity index is 1.60. The highest BCUT2D eigenvalue weighted by molar-refractivity contribution is 5.95. The summed E-state index contributed by atoms with van der Waals surface area (Å²) in [7, 11) is 0. The van der Waals surface area contributed by atoms with Crippen molar-refractivity contribution in [3.8, 4) is 0 Å². The van der Waals surface area contributed by atoms with E-state index < -0.39 is 0 Å². The van der Waals surface area contributed by atoms with E-state index in [1.165, 1.54) is 6.07 Å². The van der Waals surface area contributed by atoms with Gasteiger partial charge in [0.2, 0.25) is 0 Å². The van der Waals surface area contributed by atoms with Crippen LogP contribution in [-0.2, 0) is 12.8 Å². The first-order valence-corrected chi connectivity index (χ1v) is 11.7. The zero-order chi connectivity index (χ0) is 23.4. The maximum atomic E-state index is 13.8. The third-order valence-electron chi connectivity index (χ3n) is 6.25. The zero-order valence-electron chi connectivity index (χ0n) is 19.6. The van der Waals surface area contributed by atoms with E-state index in [0.29, 0.717) is 26.1 Å². The second kappa shape index (κ2) is 10.1. The van der Waals surface area contributed by atoms with Crippen molar-refractivity contribution in [3.05, 3.63) is 88.1 Å². The van der Waals surface area contributed by atoms with Gasteiger partial charge in [0.1, 0.15) is 17.5 Å². The molecule has 33 heavy (non-hydrogen) atoms. The van der Waals surface area contributed by atoms with Crippen LogP contribution in [0.15, 0.2) is 48.5 Å². The maximum absolute atomic E-state index is 13.8. The molecule has 2 heterocycles. The molecule has 0 aliphatic carbocycles. The van der Waals surface area contributed by atoms with Crippen molar-refractivity contribution >= 4 is 11.7 Å². The molecule has 6 heteroatoms. The first-order chi connectivity index (χ1) is 16.0. The van der Waals surface area contributed by atoms with Crippen molar-refractivity contribution in [1.29, 1.82) is 0 Å². The number of hydrogen-bond donors (Lipinski definition) is 0. The molecule has 1 amide bonds. The Labute approximate surface area is 195 Å². The maximum Gasteiger partial charge on any atom is 0.254 e. The van der Waals surface area contributed by atoms with Gasteiger partial charge in [0.15, 0.2) is 0 Å². The van der Waals surface area contributed by atoms with E-state index in [0.717, 1.165) is 59.0 Å². The third kappa shape index (κ3) is 5.21. The lowest BCUT2D eigenvalue weighted by Crippen LogP contribution is -2.36. The van der Waals surface area contributed by atoms with Gasteiger partial charge in [-0.1, -0.05) is 37.3 Å². The van der Waals surface area contributed by atoms with Gasteiger partial charge in [-0.05, 0) is 56.0 Å². The number of aromatic nitrogens is 2. The molecule has 0 bridgehead atoms. The van der Waals surface area contributed by atoms with E-state index in [9.17, 15) is 9.18 Å². The van der Waals surface area contributed by atoms with Crippen LogP contribution < -0.4 is 4.90 Å². The zero-order valence-corrected chi connectivity index (χ0v) is 19.6. The van der Waals surface area contributed by atoms with E-state index in [-0.39, 0.29) is 11.7 Å². The van der Waals surface area contributed by atoms with Crippen LogP contribution in [-0.4, -0.2) is 47.0 Å². The van der Waals surface area contributed by atoms with Crippen molar-refractivity contribution in [1.82, 2.24) is 14.9 Å². The normalized spacial score (nSPS) is 14.3. The topological polar surface area (TPSA) is 49.3 Å². The smallest absolute Gasteiger partial charge is 0.254 e. The lowest BCUT2D eigenvalue weighted by Gasteiger charge is -2.26. The Morgan fingerprint density at radius 2 is 1.82 bits per heavy atom. The minimum Gasteiger partial charge on any atom is -0.354 e. The number of rotatable bonds is 5. The summed E-state index contributed by atoms with van der Waals surface area (Å²) in [5, 5.41) is 0. The first kappa shape index (κ1) is 22.9. The van der Waals surface area contributed by atoms with E-state index in [1.807, 2.05) is 49.1 Å². The van der Waals surface area contributed by atoms with Gasteiger partial charge in [0.05, 0.1) is 0 Å². The molecule has 0 spiro atoms. The fourth-order valence-corrected chi connectivity index (χ4v) is 4.54. The summed E-state index contributed by atoms with van der Waals surface area (Å²) in [5.41, 5.74) is 4.72. The second-order valence-corrected chi connectivity index (χ2v) is 8.63. The summed E-state index contributed by atoms with van der Waals surface area (Å²) in [4.78, 5) is 26.9. The number of anilines is 1. The average Bonchev–Trinajstić information content (AvgIpc) is 3.06. The number of halogens is 1. The predicted octanol–water partition coefficient (Wildman–Crippen LogP) is 4.74. The van der Waals surface area contributed by atoms with Crippen LogP contribution in [0, 0.1) is 19.7 Å². The Morgan fingerprint density at radius 3 is 2.58 bits per heavy atom. The quantitative estimate of drug-likeness (QED) is 0.568. The van der Waals surface area contributed by atoms with Crippen molar-refractivity contribution in [2.45, 2.75) is 40.0 Å². The van der Waals surface area contributed by atoms with Gasteiger partial charge in [-0.15, -0.1) is 0 Å². The molecule has 4 rings (SSSR count). The van der Waals surface area contributed by atoms with Gasteiger partial charge in [-0.2, -0.15) is 0 Å². The molecule has 0 N–H and O–H groups in total. The molecular formula is C27H31FN4O. The molecule has 0 radical (unpaired) electrons. The van der Waals surface area contributed by atoms with Crippen molar-refractivity contribution < 1.29 is 9.18 Å². The third-order valence-corrected chi connectivity index (χ3v) is 6.25. The summed E-state index contributed by atoms with van der Waals surface area (Å²) < 4.78 is 13.8. The van der Waals surface area contributed by atoms with Gasteiger partial charge in [-0.3, -0.25) is 4.79 Å². The predicted molar refractivity (Wildman–Crippen MR) is 129 cm³/mol. The molecule has 1 fully saturated rings. The molecule has 1 saturated heterocycles. The van der Waals surface area contributed by atoms with Gasteiger partial charge in [0, 0.05) is 49.4 Å². The van der Waals surface area contributed by atoms with Crippen molar-refractivity contribution in [2.75, 3.05) is 31.1 Å². The fourth-order valence-electron chi connectivity index (χ4n) is 4.54. The summed E-state index contributed by atoms with van der Waals surface area (Å²) in [6, 6.07) is 14.5. The van der Waals surface area contributed by atoms with Crippen LogP contribution in [0.4, 0.5) is 10.2 Å². The lowest BCUT2D eigenvalue weighted by molar-refractivity contribution is 0.0766. The number of nitrogens with zero attached hydrogens (tertiary/aromatic N) is 4. The fraction of sp³-hybridized carbons (Fsp3) is 0.370. The Kier molecular flexibility index (Phi) is 7.02. The van der Waals surface area contributed by atoms with Crippen LogP contribution >= 0.6 is 0 Å². The average molecular weight is 447 g/mol. The molecule has 1 aliphatic heterocycles. The summed E-state index contributed by atoms with van der Waals surface area (Å²) in [6.07, 6.45) is 2.23. The Hall–Kier alpha value is -3.28. The van der Waals surface area contributed by atoms with E-state index in [2.05, 4.69) is 16.8 Å². The largest absolute Gasteiger partial charge is 0.354 e. The molecular weight excluding hydrogens is 415 g/mol. The van der Waals surface area contributed by atoms with Gasteiger partial charge in [0.25, 0.3) is 5.91 Å². The minimum absolute atomic E-state index is 0.0862.